The number of aromatic amines is 2. The quantitative estimate of drug-likeness (QED) is 0.380. The molecule has 0 atom stereocenters. The molecule has 0 spiro atoms. The molecule has 2 aromatic rings. The Balaban J connectivity index is 0.000000677. The molecule has 0 fully saturated rings. The summed E-state index contributed by atoms with van der Waals surface area (Å²) in [6.07, 6.45) is 2.88. The minimum atomic E-state index is -0.391. The van der Waals surface area contributed by atoms with E-state index in [1.54, 1.807) is 0 Å². The second-order valence-electron chi connectivity index (χ2n) is 3.80. The molecule has 0 aliphatic carbocycles. The molecule has 0 bridgehead atoms. The van der Waals surface area contributed by atoms with E-state index < -0.39 is 5.69 Å². The minimum Gasteiger partial charge on any atom is -0.483 e. The molecule has 9 nitrogen and oxygen atoms in total. The molecule has 10 heteroatoms. The number of thiazole rings is 1. The van der Waals surface area contributed by atoms with Gasteiger partial charge < -0.3 is 26.1 Å². The number of H-pyrrole nitrogens is 2. The van der Waals surface area contributed by atoms with Crippen molar-refractivity contribution in [3.8, 4) is 0 Å². The first-order valence-electron chi connectivity index (χ1n) is 5.90. The van der Waals surface area contributed by atoms with E-state index in [4.69, 9.17) is 15.6 Å². The van der Waals surface area contributed by atoms with Crippen molar-refractivity contribution in [1.29, 1.82) is 0 Å². The highest BCUT2D eigenvalue weighted by Crippen LogP contribution is 2.12. The molecule has 2 heterocycles. The Morgan fingerprint density at radius 1 is 1.57 bits per heavy atom. The molecule has 21 heavy (non-hydrogen) atoms. The maximum atomic E-state index is 11.5. The zero-order valence-electron chi connectivity index (χ0n) is 11.0. The van der Waals surface area contributed by atoms with Crippen molar-refractivity contribution < 1.29 is 14.7 Å². The molecular formula is C11H15N5O4S. The van der Waals surface area contributed by atoms with Crippen molar-refractivity contribution in [2.75, 3.05) is 12.3 Å². The molecular weight excluding hydrogens is 298 g/mol. The molecule has 2 aromatic heterocycles. The van der Waals surface area contributed by atoms with E-state index in [-0.39, 0.29) is 18.1 Å². The highest BCUT2D eigenvalue weighted by atomic mass is 32.1. The summed E-state index contributed by atoms with van der Waals surface area (Å²) < 4.78 is 0. The molecule has 0 saturated heterocycles. The van der Waals surface area contributed by atoms with Gasteiger partial charge >= 0.3 is 5.69 Å². The third kappa shape index (κ3) is 5.91. The van der Waals surface area contributed by atoms with Crippen molar-refractivity contribution in [3.63, 3.8) is 0 Å². The van der Waals surface area contributed by atoms with Crippen LogP contribution in [0.2, 0.25) is 0 Å². The van der Waals surface area contributed by atoms with Gasteiger partial charge in [0, 0.05) is 18.1 Å². The van der Waals surface area contributed by atoms with Crippen LogP contribution in [0.1, 0.15) is 22.6 Å². The molecule has 0 saturated carbocycles. The Kier molecular flexibility index (Phi) is 6.68. The molecule has 6 N–H and O–H groups in total. The Morgan fingerprint density at radius 3 is 2.81 bits per heavy atom. The third-order valence-electron chi connectivity index (χ3n) is 2.31. The van der Waals surface area contributed by atoms with Crippen LogP contribution in [0.25, 0.3) is 0 Å². The number of nitrogen functional groups attached to an aromatic ring is 1. The highest BCUT2D eigenvalue weighted by molar-refractivity contribution is 7.13. The van der Waals surface area contributed by atoms with E-state index in [0.717, 1.165) is 18.5 Å². The Labute approximate surface area is 123 Å². The summed E-state index contributed by atoms with van der Waals surface area (Å²) >= 11 is 1.40. The van der Waals surface area contributed by atoms with Gasteiger partial charge in [-0.1, -0.05) is 0 Å². The number of hydrogen-bond acceptors (Lipinski definition) is 6. The van der Waals surface area contributed by atoms with E-state index in [1.807, 2.05) is 5.38 Å². The summed E-state index contributed by atoms with van der Waals surface area (Å²) in [5.41, 5.74) is 6.29. The van der Waals surface area contributed by atoms with Gasteiger partial charge in [-0.2, -0.15) is 0 Å². The van der Waals surface area contributed by atoms with Crippen LogP contribution in [0, 0.1) is 0 Å². The number of amides is 1. The minimum absolute atomic E-state index is 0.234. The van der Waals surface area contributed by atoms with Gasteiger partial charge in [0.2, 0.25) is 0 Å². The van der Waals surface area contributed by atoms with E-state index >= 15 is 0 Å². The van der Waals surface area contributed by atoms with Crippen LogP contribution in [-0.4, -0.2) is 39.0 Å². The van der Waals surface area contributed by atoms with Crippen molar-refractivity contribution >= 4 is 28.8 Å². The maximum Gasteiger partial charge on any atom is 0.323 e. The molecule has 1 amide bonds. The second-order valence-corrected chi connectivity index (χ2v) is 4.69. The lowest BCUT2D eigenvalue weighted by Gasteiger charge is -2.01. The van der Waals surface area contributed by atoms with Crippen LogP contribution in [0.4, 0.5) is 5.13 Å². The van der Waals surface area contributed by atoms with Gasteiger partial charge in [0.15, 0.2) is 5.13 Å². The van der Waals surface area contributed by atoms with Gasteiger partial charge in [0.05, 0.1) is 5.69 Å². The summed E-state index contributed by atoms with van der Waals surface area (Å²) in [4.78, 5) is 39.6. The normalized spacial score (nSPS) is 9.52. The van der Waals surface area contributed by atoms with E-state index in [9.17, 15) is 9.59 Å². The van der Waals surface area contributed by atoms with Crippen molar-refractivity contribution in [2.45, 2.75) is 12.8 Å². The average Bonchev–Trinajstić information content (AvgIpc) is 3.04. The zero-order chi connectivity index (χ0) is 15.7. The SMILES string of the molecule is Nc1nc(CCCNC(=O)c2c[nH]c(=O)[nH]2)cs1.O=CO. The number of hydrogen-bond donors (Lipinski definition) is 5. The lowest BCUT2D eigenvalue weighted by atomic mass is 10.2. The van der Waals surface area contributed by atoms with Crippen LogP contribution in [0.3, 0.4) is 0 Å². The van der Waals surface area contributed by atoms with Crippen molar-refractivity contribution in [1.82, 2.24) is 20.3 Å². The molecule has 0 aliphatic heterocycles. The molecule has 0 aliphatic rings. The first-order chi connectivity index (χ1) is 10.1. The number of imidazole rings is 1. The van der Waals surface area contributed by atoms with Gasteiger partial charge in [-0.25, -0.2) is 9.78 Å². The number of carbonyl (C=O) groups excluding carboxylic acids is 1. The topological polar surface area (TPSA) is 154 Å². The molecule has 0 aromatic carbocycles. The summed E-state index contributed by atoms with van der Waals surface area (Å²) in [6, 6.07) is 0. The number of carbonyl (C=O) groups is 2. The summed E-state index contributed by atoms with van der Waals surface area (Å²) in [6.45, 7) is 0.267. The average molecular weight is 313 g/mol. The van der Waals surface area contributed by atoms with Crippen LogP contribution in [0.15, 0.2) is 16.4 Å². The Bertz CT molecular complexity index is 632. The smallest absolute Gasteiger partial charge is 0.323 e. The number of carboxylic acid groups (broad SMARTS) is 1. The fourth-order valence-electron chi connectivity index (χ4n) is 1.46. The van der Waals surface area contributed by atoms with Gasteiger partial charge in [0.1, 0.15) is 5.69 Å². The number of nitrogens with two attached hydrogens (primary N) is 1. The maximum absolute atomic E-state index is 11.5. The number of aryl methyl sites for hydroxylation is 1. The summed E-state index contributed by atoms with van der Waals surface area (Å²) in [7, 11) is 0. The van der Waals surface area contributed by atoms with E-state index in [2.05, 4.69) is 20.3 Å². The fraction of sp³-hybridized carbons (Fsp3) is 0.273. The molecule has 0 radical (unpaired) electrons. The standard InChI is InChI=1S/C10H13N5O2S.CH2O2/c11-9-14-6(5-18-9)2-1-3-12-8(16)7-4-13-10(17)15-7;2-1-3/h4-5H,1-3H2,(H2,11,14)(H,12,16)(H2,13,15,17);1H,(H,2,3). The summed E-state index contributed by atoms with van der Waals surface area (Å²) in [5, 5.41) is 12.1. The van der Waals surface area contributed by atoms with E-state index in [0.29, 0.717) is 11.7 Å². The van der Waals surface area contributed by atoms with Gasteiger partial charge in [0.25, 0.3) is 12.4 Å². The predicted molar refractivity (Wildman–Crippen MR) is 77.3 cm³/mol. The first kappa shape index (κ1) is 16.4. The summed E-state index contributed by atoms with van der Waals surface area (Å²) in [5.74, 6) is -0.300. The van der Waals surface area contributed by atoms with E-state index in [1.165, 1.54) is 17.5 Å². The zero-order valence-corrected chi connectivity index (χ0v) is 11.8. The van der Waals surface area contributed by atoms with Crippen LogP contribution in [0.5, 0.6) is 0 Å². The molecule has 114 valence electrons. The van der Waals surface area contributed by atoms with Crippen LogP contribution < -0.4 is 16.7 Å². The predicted octanol–water partition coefficient (Wildman–Crippen LogP) is -0.195. The third-order valence-corrected chi connectivity index (χ3v) is 3.03. The fourth-order valence-corrected chi connectivity index (χ4v) is 2.06. The van der Waals surface area contributed by atoms with Crippen LogP contribution in [-0.2, 0) is 11.2 Å². The number of nitrogens with zero attached hydrogens (tertiary/aromatic N) is 1. The number of nitrogens with one attached hydrogen (secondary N) is 3. The van der Waals surface area contributed by atoms with Crippen LogP contribution >= 0.6 is 11.3 Å². The monoisotopic (exact) mass is 313 g/mol. The van der Waals surface area contributed by atoms with Crippen molar-refractivity contribution in [2.24, 2.45) is 0 Å². The largest absolute Gasteiger partial charge is 0.483 e. The Hall–Kier alpha value is -2.62. The first-order valence-corrected chi connectivity index (χ1v) is 6.78. The number of anilines is 1. The molecule has 0 unspecified atom stereocenters. The molecule has 2 rings (SSSR count). The second kappa shape index (κ2) is 8.53. The van der Waals surface area contributed by atoms with Gasteiger partial charge in [-0.3, -0.25) is 9.59 Å². The lowest BCUT2D eigenvalue weighted by molar-refractivity contribution is -0.122. The lowest BCUT2D eigenvalue weighted by Crippen LogP contribution is -2.25. The number of rotatable bonds is 5. The Morgan fingerprint density at radius 2 is 2.29 bits per heavy atom. The highest BCUT2D eigenvalue weighted by Gasteiger charge is 2.06. The van der Waals surface area contributed by atoms with Crippen molar-refractivity contribution in [3.05, 3.63) is 33.4 Å². The van der Waals surface area contributed by atoms with Gasteiger partial charge in [-0.05, 0) is 12.8 Å². The number of aromatic nitrogens is 3. The van der Waals surface area contributed by atoms with Gasteiger partial charge in [-0.15, -0.1) is 11.3 Å².